The molecule has 0 rings (SSSR count). The molecule has 0 aliphatic heterocycles. The van der Waals surface area contributed by atoms with Gasteiger partial charge < -0.3 is 25.2 Å². The number of halogens is 3. The van der Waals surface area contributed by atoms with Crippen molar-refractivity contribution in [2.75, 3.05) is 0 Å². The smallest absolute Gasteiger partial charge is 0.265 e. The summed E-state index contributed by atoms with van der Waals surface area (Å²) in [6.45, 7) is 2.29. The van der Waals surface area contributed by atoms with E-state index in [1.54, 1.807) is 0 Å². The summed E-state index contributed by atoms with van der Waals surface area (Å²) in [6, 6.07) is 0. The highest BCUT2D eigenvalue weighted by Crippen LogP contribution is 2.42. The summed E-state index contributed by atoms with van der Waals surface area (Å²) in [5.74, 6) is -7.65. The summed E-state index contributed by atoms with van der Waals surface area (Å²) in [4.78, 5) is 60.5. The van der Waals surface area contributed by atoms with E-state index in [-0.39, 0.29) is 0 Å². The van der Waals surface area contributed by atoms with E-state index in [4.69, 9.17) is 44.9 Å². The number of nitrogens with one attached hydrogen (secondary N) is 1. The number of Topliss-reactive ketones (excluding diaryl/α,β-unsaturated/α-hetero) is 4. The molecule has 0 saturated heterocycles. The van der Waals surface area contributed by atoms with Gasteiger partial charge in [0.1, 0.15) is 12.2 Å². The molecule has 0 saturated carbocycles. The van der Waals surface area contributed by atoms with Crippen molar-refractivity contribution in [1.29, 1.82) is 5.41 Å². The summed E-state index contributed by atoms with van der Waals surface area (Å²) >= 11 is 16.3. The van der Waals surface area contributed by atoms with E-state index < -0.39 is 68.1 Å². The maximum absolute atomic E-state index is 12.5. The Labute approximate surface area is 185 Å². The molecule has 30 heavy (non-hydrogen) atoms. The second-order valence-corrected chi connectivity index (χ2v) is 8.71. The van der Waals surface area contributed by atoms with Gasteiger partial charge in [0.15, 0.2) is 35.0 Å². The molecule has 0 aromatic rings. The molecule has 0 radical (unpaired) electrons. The lowest BCUT2D eigenvalue weighted by molar-refractivity contribution is -0.246. The number of carbonyl (C=O) groups is 5. The normalized spacial score (nSPS) is 19.8. The van der Waals surface area contributed by atoms with Crippen molar-refractivity contribution < 1.29 is 49.1 Å². The third kappa shape index (κ3) is 4.42. The molecule has 170 valence electrons. The third-order valence-electron chi connectivity index (χ3n) is 4.49. The molecule has 0 aliphatic rings. The van der Waals surface area contributed by atoms with Crippen LogP contribution < -0.4 is 0 Å². The molecule has 0 aromatic carbocycles. The minimum Gasteiger partial charge on any atom is -0.452 e. The number of ether oxygens (including phenoxy) is 1. The van der Waals surface area contributed by atoms with Gasteiger partial charge >= 0.3 is 0 Å². The van der Waals surface area contributed by atoms with Gasteiger partial charge in [0.05, 0.1) is 0 Å². The molecular formula is C16H20Cl3NO10. The number of hydrogen-bond acceptors (Lipinski definition) is 11. The first-order valence-electron chi connectivity index (χ1n) is 7.94. The van der Waals surface area contributed by atoms with Crippen LogP contribution in [0.5, 0.6) is 0 Å². The first kappa shape index (κ1) is 28.5. The van der Waals surface area contributed by atoms with Crippen molar-refractivity contribution in [2.45, 2.75) is 60.5 Å². The second kappa shape index (κ2) is 9.35. The van der Waals surface area contributed by atoms with Gasteiger partial charge in [-0.05, 0) is 27.7 Å². The summed E-state index contributed by atoms with van der Waals surface area (Å²) in [5, 5.41) is 49.9. The molecule has 5 atom stereocenters. The number of ketones is 4. The Balaban J connectivity index is 7.36. The maximum atomic E-state index is 12.5. The van der Waals surface area contributed by atoms with Gasteiger partial charge in [-0.15, -0.1) is 0 Å². The Morgan fingerprint density at radius 1 is 0.933 bits per heavy atom. The molecule has 5 N–H and O–H groups in total. The van der Waals surface area contributed by atoms with Crippen LogP contribution in [0.2, 0.25) is 0 Å². The standard InChI is InChI=1S/C16H20Cl3NO10/c1-6(22)10(26)11(27)14(28,8(3)24)15(29,9(4)25)13(5-21,7(2)23)30-12(20)16(17,18)19/h5,10-11,20,26-29H,1-4H3/t10?,11-,13-,14-,15-/m1/s1. The van der Waals surface area contributed by atoms with Gasteiger partial charge in [0.2, 0.25) is 11.5 Å². The Morgan fingerprint density at radius 3 is 1.60 bits per heavy atom. The molecule has 0 amide bonds. The molecule has 14 heteroatoms. The second-order valence-electron chi connectivity index (χ2n) is 6.43. The molecule has 1 unspecified atom stereocenters. The fourth-order valence-corrected chi connectivity index (χ4v) is 2.87. The number of carbonyl (C=O) groups excluding carboxylic acids is 5. The van der Waals surface area contributed by atoms with Crippen LogP contribution in [-0.2, 0) is 28.7 Å². The van der Waals surface area contributed by atoms with Crippen molar-refractivity contribution in [3.63, 3.8) is 0 Å². The van der Waals surface area contributed by atoms with Crippen LogP contribution in [-0.4, -0.2) is 88.5 Å². The lowest BCUT2D eigenvalue weighted by Crippen LogP contribution is -2.81. The quantitative estimate of drug-likeness (QED) is 0.0813. The maximum Gasteiger partial charge on any atom is 0.265 e. The molecule has 11 nitrogen and oxygen atoms in total. The van der Waals surface area contributed by atoms with E-state index in [0.29, 0.717) is 20.8 Å². The van der Waals surface area contributed by atoms with Gasteiger partial charge in [-0.2, -0.15) is 0 Å². The fourth-order valence-electron chi connectivity index (χ4n) is 2.75. The SMILES string of the molecule is CC(=O)C(O)[C@@H](O)[C@](O)(C(C)=O)[C@@](O)(C(C)=O)[C@](C=O)(OC(=N)C(Cl)(Cl)Cl)C(C)=O. The minimum absolute atomic E-state index is 0.490. The fraction of sp³-hybridized carbons (Fsp3) is 0.625. The summed E-state index contributed by atoms with van der Waals surface area (Å²) in [6.07, 6.45) is -6.05. The van der Waals surface area contributed by atoms with Gasteiger partial charge in [-0.25, -0.2) is 0 Å². The van der Waals surface area contributed by atoms with Crippen LogP contribution in [0.3, 0.4) is 0 Å². The molecule has 0 spiro atoms. The van der Waals surface area contributed by atoms with Crippen LogP contribution >= 0.6 is 34.8 Å². The first-order chi connectivity index (χ1) is 13.3. The lowest BCUT2D eigenvalue weighted by atomic mass is 9.62. The van der Waals surface area contributed by atoms with E-state index in [1.807, 2.05) is 0 Å². The predicted molar refractivity (Wildman–Crippen MR) is 103 cm³/mol. The Bertz CT molecular complexity index is 782. The number of aliphatic hydroxyl groups excluding tert-OH is 2. The molecule has 0 heterocycles. The van der Waals surface area contributed by atoms with E-state index in [9.17, 15) is 44.4 Å². The molecule has 0 fully saturated rings. The van der Waals surface area contributed by atoms with Gasteiger partial charge in [0.25, 0.3) is 9.39 Å². The zero-order valence-corrected chi connectivity index (χ0v) is 18.4. The van der Waals surface area contributed by atoms with E-state index in [0.717, 1.165) is 6.92 Å². The highest BCUT2D eigenvalue weighted by Gasteiger charge is 2.75. The molecule has 0 bridgehead atoms. The average molecular weight is 493 g/mol. The largest absolute Gasteiger partial charge is 0.452 e. The van der Waals surface area contributed by atoms with Gasteiger partial charge in [-0.1, -0.05) is 34.8 Å². The molecule has 0 aromatic heterocycles. The number of aldehydes is 1. The van der Waals surface area contributed by atoms with Crippen molar-refractivity contribution in [3.8, 4) is 0 Å². The topological polar surface area (TPSA) is 199 Å². The van der Waals surface area contributed by atoms with Crippen LogP contribution in [0.1, 0.15) is 27.7 Å². The number of hydrogen-bond donors (Lipinski definition) is 5. The summed E-state index contributed by atoms with van der Waals surface area (Å²) < 4.78 is 1.99. The summed E-state index contributed by atoms with van der Waals surface area (Å²) in [5.41, 5.74) is -11.5. The average Bonchev–Trinajstić information content (AvgIpc) is 2.61. The van der Waals surface area contributed by atoms with Crippen molar-refractivity contribution in [3.05, 3.63) is 0 Å². The number of alkyl halides is 3. The highest BCUT2D eigenvalue weighted by molar-refractivity contribution is 6.76. The van der Waals surface area contributed by atoms with E-state index >= 15 is 0 Å². The summed E-state index contributed by atoms with van der Waals surface area (Å²) in [7, 11) is 0. The van der Waals surface area contributed by atoms with Crippen LogP contribution in [0.15, 0.2) is 0 Å². The lowest BCUT2D eigenvalue weighted by Gasteiger charge is -2.50. The molecule has 0 aliphatic carbocycles. The van der Waals surface area contributed by atoms with E-state index in [2.05, 4.69) is 0 Å². The zero-order valence-electron chi connectivity index (χ0n) is 16.1. The van der Waals surface area contributed by atoms with Gasteiger partial charge in [0, 0.05) is 0 Å². The Hall–Kier alpha value is -1.47. The highest BCUT2D eigenvalue weighted by atomic mass is 35.6. The Kier molecular flexibility index (Phi) is 8.89. The van der Waals surface area contributed by atoms with Crippen molar-refractivity contribution in [1.82, 2.24) is 0 Å². The van der Waals surface area contributed by atoms with E-state index in [1.165, 1.54) is 0 Å². The first-order valence-corrected chi connectivity index (χ1v) is 9.07. The predicted octanol–water partition coefficient (Wildman–Crippen LogP) is -1.17. The monoisotopic (exact) mass is 491 g/mol. The van der Waals surface area contributed by atoms with Crippen LogP contribution in [0, 0.1) is 5.41 Å². The van der Waals surface area contributed by atoms with Crippen LogP contribution in [0.4, 0.5) is 0 Å². The molecular weight excluding hydrogens is 473 g/mol. The van der Waals surface area contributed by atoms with Crippen molar-refractivity contribution in [2.24, 2.45) is 0 Å². The zero-order chi connectivity index (χ0) is 24.5. The number of aliphatic hydroxyl groups is 4. The third-order valence-corrected chi connectivity index (χ3v) is 5.00. The number of rotatable bonds is 10. The Morgan fingerprint density at radius 2 is 1.37 bits per heavy atom. The minimum atomic E-state index is -4.00. The van der Waals surface area contributed by atoms with Crippen molar-refractivity contribution >= 4 is 70.1 Å². The van der Waals surface area contributed by atoms with Gasteiger partial charge in [-0.3, -0.25) is 29.4 Å². The van der Waals surface area contributed by atoms with Crippen LogP contribution in [0.25, 0.3) is 0 Å².